The first-order chi connectivity index (χ1) is 8.68. The van der Waals surface area contributed by atoms with Crippen molar-refractivity contribution in [3.8, 4) is 0 Å². The maximum absolute atomic E-state index is 12.0. The molecule has 0 spiro atoms. The van der Waals surface area contributed by atoms with Gasteiger partial charge in [0.05, 0.1) is 0 Å². The number of aromatic nitrogens is 1. The summed E-state index contributed by atoms with van der Waals surface area (Å²) in [6.45, 7) is 0. The highest BCUT2D eigenvalue weighted by Gasteiger charge is 2.26. The number of hydrogen-bond acceptors (Lipinski definition) is 4. The van der Waals surface area contributed by atoms with Crippen LogP contribution in [-0.2, 0) is 9.59 Å². The van der Waals surface area contributed by atoms with E-state index in [2.05, 4.69) is 10.3 Å². The topological polar surface area (TPSA) is 85.1 Å². The van der Waals surface area contributed by atoms with Crippen LogP contribution in [0.4, 0.5) is 5.13 Å². The molecule has 1 aromatic carbocycles. The van der Waals surface area contributed by atoms with Crippen molar-refractivity contribution in [2.45, 2.75) is 5.92 Å². The smallest absolute Gasteiger partial charge is 0.243 e. The van der Waals surface area contributed by atoms with Crippen LogP contribution in [0, 0.1) is 0 Å². The van der Waals surface area contributed by atoms with E-state index in [1.54, 1.807) is 41.9 Å². The Morgan fingerprint density at radius 2 is 2.00 bits per heavy atom. The van der Waals surface area contributed by atoms with E-state index in [0.717, 1.165) is 0 Å². The Hall–Kier alpha value is -2.21. The van der Waals surface area contributed by atoms with E-state index in [1.807, 2.05) is 0 Å². The SMILES string of the molecule is NC(=O)C(C(=O)Nc1nccs1)c1ccccc1. The van der Waals surface area contributed by atoms with Crippen LogP contribution in [0.25, 0.3) is 0 Å². The number of primary amides is 1. The highest BCUT2D eigenvalue weighted by Crippen LogP contribution is 2.19. The maximum atomic E-state index is 12.0. The zero-order chi connectivity index (χ0) is 13.0. The summed E-state index contributed by atoms with van der Waals surface area (Å²) in [6.07, 6.45) is 1.57. The number of thiazole rings is 1. The van der Waals surface area contributed by atoms with Gasteiger partial charge >= 0.3 is 0 Å². The molecule has 0 aliphatic carbocycles. The van der Waals surface area contributed by atoms with Crippen LogP contribution in [0.2, 0.25) is 0 Å². The number of nitrogens with one attached hydrogen (secondary N) is 1. The van der Waals surface area contributed by atoms with Gasteiger partial charge in [-0.3, -0.25) is 9.59 Å². The third-order valence-corrected chi connectivity index (χ3v) is 3.03. The van der Waals surface area contributed by atoms with Crippen molar-refractivity contribution in [2.75, 3.05) is 5.32 Å². The van der Waals surface area contributed by atoms with Crippen molar-refractivity contribution >= 4 is 28.3 Å². The fraction of sp³-hybridized carbons (Fsp3) is 0.0833. The molecule has 0 aliphatic rings. The highest BCUT2D eigenvalue weighted by molar-refractivity contribution is 7.13. The van der Waals surface area contributed by atoms with Gasteiger partial charge in [0.2, 0.25) is 11.8 Å². The lowest BCUT2D eigenvalue weighted by molar-refractivity contribution is -0.127. The van der Waals surface area contributed by atoms with E-state index in [1.165, 1.54) is 11.3 Å². The third kappa shape index (κ3) is 2.72. The van der Waals surface area contributed by atoms with Crippen LogP contribution in [-0.4, -0.2) is 16.8 Å². The lowest BCUT2D eigenvalue weighted by atomic mass is 9.98. The van der Waals surface area contributed by atoms with Crippen molar-refractivity contribution in [2.24, 2.45) is 5.73 Å². The second kappa shape index (κ2) is 5.42. The Morgan fingerprint density at radius 3 is 2.56 bits per heavy atom. The molecule has 2 rings (SSSR count). The Balaban J connectivity index is 2.21. The van der Waals surface area contributed by atoms with Crippen LogP contribution in [0.5, 0.6) is 0 Å². The lowest BCUT2D eigenvalue weighted by Gasteiger charge is -2.12. The Morgan fingerprint density at radius 1 is 1.28 bits per heavy atom. The van der Waals surface area contributed by atoms with E-state index in [0.29, 0.717) is 10.7 Å². The molecule has 1 heterocycles. The molecule has 0 radical (unpaired) electrons. The summed E-state index contributed by atoms with van der Waals surface area (Å²) in [5.74, 6) is -2.16. The average molecular weight is 261 g/mol. The van der Waals surface area contributed by atoms with Gasteiger partial charge < -0.3 is 11.1 Å². The summed E-state index contributed by atoms with van der Waals surface area (Å²) in [5.41, 5.74) is 5.85. The predicted octanol–water partition coefficient (Wildman–Crippen LogP) is 1.35. The third-order valence-electron chi connectivity index (χ3n) is 2.34. The van der Waals surface area contributed by atoms with Crippen LogP contribution < -0.4 is 11.1 Å². The van der Waals surface area contributed by atoms with Crippen molar-refractivity contribution in [1.29, 1.82) is 0 Å². The molecule has 3 N–H and O–H groups in total. The number of anilines is 1. The van der Waals surface area contributed by atoms with Crippen LogP contribution in [0.3, 0.4) is 0 Å². The quantitative estimate of drug-likeness (QED) is 0.815. The van der Waals surface area contributed by atoms with E-state index >= 15 is 0 Å². The van der Waals surface area contributed by atoms with Crippen LogP contribution in [0.1, 0.15) is 11.5 Å². The zero-order valence-corrected chi connectivity index (χ0v) is 10.2. The molecule has 0 bridgehead atoms. The van der Waals surface area contributed by atoms with E-state index in [4.69, 9.17) is 5.73 Å². The lowest BCUT2D eigenvalue weighted by Crippen LogP contribution is -2.32. The minimum absolute atomic E-state index is 0.446. The Kier molecular flexibility index (Phi) is 3.69. The van der Waals surface area contributed by atoms with Gasteiger partial charge in [-0.05, 0) is 5.56 Å². The molecule has 1 atom stereocenters. The first-order valence-electron chi connectivity index (χ1n) is 5.23. The van der Waals surface area contributed by atoms with Gasteiger partial charge in [-0.25, -0.2) is 4.98 Å². The molecule has 0 fully saturated rings. The minimum atomic E-state index is -1.00. The second-order valence-electron chi connectivity index (χ2n) is 3.57. The van der Waals surface area contributed by atoms with Crippen LogP contribution in [0.15, 0.2) is 41.9 Å². The molecular weight excluding hydrogens is 250 g/mol. The minimum Gasteiger partial charge on any atom is -0.369 e. The first-order valence-corrected chi connectivity index (χ1v) is 6.11. The first kappa shape index (κ1) is 12.3. The maximum Gasteiger partial charge on any atom is 0.243 e. The van der Waals surface area contributed by atoms with Gasteiger partial charge in [0.25, 0.3) is 0 Å². The Labute approximate surface area is 108 Å². The van der Waals surface area contributed by atoms with Crippen LogP contribution >= 0.6 is 11.3 Å². The number of nitrogens with two attached hydrogens (primary N) is 1. The molecule has 2 aromatic rings. The number of carbonyl (C=O) groups excluding carboxylic acids is 2. The Bertz CT molecular complexity index is 540. The number of benzene rings is 1. The van der Waals surface area contributed by atoms with Crippen molar-refractivity contribution in [1.82, 2.24) is 4.98 Å². The highest BCUT2D eigenvalue weighted by atomic mass is 32.1. The summed E-state index contributed by atoms with van der Waals surface area (Å²) in [4.78, 5) is 27.3. The molecule has 0 aliphatic heterocycles. The summed E-state index contributed by atoms with van der Waals surface area (Å²) in [6, 6.07) is 8.69. The van der Waals surface area contributed by atoms with E-state index in [-0.39, 0.29) is 0 Å². The van der Waals surface area contributed by atoms with Crippen molar-refractivity contribution < 1.29 is 9.59 Å². The van der Waals surface area contributed by atoms with Gasteiger partial charge in [0, 0.05) is 11.6 Å². The average Bonchev–Trinajstić information content (AvgIpc) is 2.83. The fourth-order valence-corrected chi connectivity index (χ4v) is 2.08. The largest absolute Gasteiger partial charge is 0.369 e. The summed E-state index contributed by atoms with van der Waals surface area (Å²) in [7, 11) is 0. The number of hydrogen-bond donors (Lipinski definition) is 2. The van der Waals surface area contributed by atoms with Gasteiger partial charge in [0.15, 0.2) is 5.13 Å². The van der Waals surface area contributed by atoms with Gasteiger partial charge in [-0.1, -0.05) is 30.3 Å². The molecule has 1 aromatic heterocycles. The normalized spacial score (nSPS) is 11.8. The standard InChI is InChI=1S/C12H11N3O2S/c13-10(16)9(8-4-2-1-3-5-8)11(17)15-12-14-6-7-18-12/h1-7,9H,(H2,13,16)(H,14,15,17). The van der Waals surface area contributed by atoms with Gasteiger partial charge in [-0.15, -0.1) is 11.3 Å². The van der Waals surface area contributed by atoms with Gasteiger partial charge in [-0.2, -0.15) is 0 Å². The molecule has 92 valence electrons. The molecule has 6 heteroatoms. The summed E-state index contributed by atoms with van der Waals surface area (Å²) >= 11 is 1.28. The van der Waals surface area contributed by atoms with E-state index < -0.39 is 17.7 Å². The monoisotopic (exact) mass is 261 g/mol. The molecule has 0 saturated heterocycles. The molecule has 5 nitrogen and oxygen atoms in total. The number of nitrogens with zero attached hydrogens (tertiary/aromatic N) is 1. The number of carbonyl (C=O) groups is 2. The molecule has 0 saturated carbocycles. The zero-order valence-electron chi connectivity index (χ0n) is 9.37. The summed E-state index contributed by atoms with van der Waals surface area (Å²) in [5, 5.41) is 4.75. The molecular formula is C12H11N3O2S. The van der Waals surface area contributed by atoms with E-state index in [9.17, 15) is 9.59 Å². The second-order valence-corrected chi connectivity index (χ2v) is 4.47. The summed E-state index contributed by atoms with van der Waals surface area (Å²) < 4.78 is 0. The predicted molar refractivity (Wildman–Crippen MR) is 69.1 cm³/mol. The molecule has 2 amide bonds. The fourth-order valence-electron chi connectivity index (χ4n) is 1.55. The number of amides is 2. The van der Waals surface area contributed by atoms with Crippen molar-refractivity contribution in [3.63, 3.8) is 0 Å². The van der Waals surface area contributed by atoms with Crippen molar-refractivity contribution in [3.05, 3.63) is 47.5 Å². The number of rotatable bonds is 4. The van der Waals surface area contributed by atoms with Gasteiger partial charge in [0.1, 0.15) is 5.92 Å². The molecule has 1 unspecified atom stereocenters. The molecule has 18 heavy (non-hydrogen) atoms.